The minimum atomic E-state index is -0.891. The van der Waals surface area contributed by atoms with Gasteiger partial charge < -0.3 is 9.84 Å². The van der Waals surface area contributed by atoms with E-state index in [4.69, 9.17) is 9.84 Å². The summed E-state index contributed by atoms with van der Waals surface area (Å²) in [6, 6.07) is -0.364. The topological polar surface area (TPSA) is 66.8 Å². The molecule has 0 bridgehead atoms. The molecule has 1 rings (SSSR count). The SMILES string of the molecule is CCCCOC(=O)C1CCCCN1CC(=O)O. The number of rotatable bonds is 6. The quantitative estimate of drug-likeness (QED) is 0.562. The molecule has 1 heterocycles. The van der Waals surface area contributed by atoms with Crippen molar-refractivity contribution in [1.29, 1.82) is 0 Å². The van der Waals surface area contributed by atoms with Crippen molar-refractivity contribution in [3.8, 4) is 0 Å². The third-order valence-corrected chi connectivity index (χ3v) is 2.97. The van der Waals surface area contributed by atoms with Crippen LogP contribution in [0.3, 0.4) is 0 Å². The number of carboxylic acids is 1. The number of piperidine rings is 1. The zero-order valence-corrected chi connectivity index (χ0v) is 10.4. The number of esters is 1. The molecule has 0 aromatic heterocycles. The van der Waals surface area contributed by atoms with Crippen molar-refractivity contribution in [2.24, 2.45) is 0 Å². The highest BCUT2D eigenvalue weighted by Crippen LogP contribution is 2.17. The lowest BCUT2D eigenvalue weighted by molar-refractivity contribution is -0.153. The van der Waals surface area contributed by atoms with Gasteiger partial charge in [0.25, 0.3) is 0 Å². The summed E-state index contributed by atoms with van der Waals surface area (Å²) >= 11 is 0. The van der Waals surface area contributed by atoms with Gasteiger partial charge in [-0.1, -0.05) is 19.8 Å². The fourth-order valence-electron chi connectivity index (χ4n) is 2.03. The largest absolute Gasteiger partial charge is 0.480 e. The highest BCUT2D eigenvalue weighted by Gasteiger charge is 2.30. The summed E-state index contributed by atoms with van der Waals surface area (Å²) in [6.07, 6.45) is 4.46. The molecule has 1 unspecified atom stereocenters. The Hall–Kier alpha value is -1.10. The van der Waals surface area contributed by atoms with Crippen LogP contribution < -0.4 is 0 Å². The predicted octanol–water partition coefficient (Wildman–Crippen LogP) is 1.27. The Kier molecular flexibility index (Phi) is 5.97. The molecule has 5 heteroatoms. The van der Waals surface area contributed by atoms with E-state index in [9.17, 15) is 9.59 Å². The molecule has 1 fully saturated rings. The zero-order chi connectivity index (χ0) is 12.7. The maximum absolute atomic E-state index is 11.8. The van der Waals surface area contributed by atoms with Crippen molar-refractivity contribution >= 4 is 11.9 Å². The van der Waals surface area contributed by atoms with Crippen molar-refractivity contribution in [1.82, 2.24) is 4.90 Å². The van der Waals surface area contributed by atoms with Crippen LogP contribution in [0.5, 0.6) is 0 Å². The molecule has 1 atom stereocenters. The fourth-order valence-corrected chi connectivity index (χ4v) is 2.03. The first kappa shape index (κ1) is 14.0. The summed E-state index contributed by atoms with van der Waals surface area (Å²) < 4.78 is 5.16. The number of likely N-dealkylation sites (tertiary alicyclic amines) is 1. The Morgan fingerprint density at radius 3 is 2.82 bits per heavy atom. The van der Waals surface area contributed by atoms with E-state index in [1.807, 2.05) is 6.92 Å². The van der Waals surface area contributed by atoms with Crippen LogP contribution in [-0.2, 0) is 14.3 Å². The Morgan fingerprint density at radius 1 is 1.41 bits per heavy atom. The Balaban J connectivity index is 2.45. The third-order valence-electron chi connectivity index (χ3n) is 2.97. The first-order valence-corrected chi connectivity index (χ1v) is 6.27. The second kappa shape index (κ2) is 7.27. The first-order valence-electron chi connectivity index (χ1n) is 6.27. The van der Waals surface area contributed by atoms with Gasteiger partial charge in [0.15, 0.2) is 0 Å². The first-order chi connectivity index (χ1) is 8.15. The molecule has 0 spiro atoms. The number of aliphatic carboxylic acids is 1. The molecule has 0 radical (unpaired) electrons. The molecule has 0 aromatic carbocycles. The van der Waals surface area contributed by atoms with Gasteiger partial charge in [-0.2, -0.15) is 0 Å². The van der Waals surface area contributed by atoms with Crippen LogP contribution in [0.4, 0.5) is 0 Å². The van der Waals surface area contributed by atoms with Crippen LogP contribution in [0.25, 0.3) is 0 Å². The standard InChI is InChI=1S/C12H21NO4/c1-2-3-8-17-12(16)10-6-4-5-7-13(10)9-11(14)15/h10H,2-9H2,1H3,(H,14,15). The molecule has 17 heavy (non-hydrogen) atoms. The van der Waals surface area contributed by atoms with Gasteiger partial charge in [0.2, 0.25) is 0 Å². The third kappa shape index (κ3) is 4.73. The summed E-state index contributed by atoms with van der Waals surface area (Å²) in [6.45, 7) is 3.06. The van der Waals surface area contributed by atoms with Gasteiger partial charge in [-0.15, -0.1) is 0 Å². The van der Waals surface area contributed by atoms with Gasteiger partial charge in [0, 0.05) is 0 Å². The Labute approximate surface area is 102 Å². The normalized spacial score (nSPS) is 21.1. The highest BCUT2D eigenvalue weighted by molar-refractivity contribution is 5.77. The zero-order valence-electron chi connectivity index (χ0n) is 10.4. The van der Waals surface area contributed by atoms with E-state index in [0.717, 1.165) is 25.7 Å². The van der Waals surface area contributed by atoms with Crippen LogP contribution >= 0.6 is 0 Å². The van der Waals surface area contributed by atoms with Gasteiger partial charge in [-0.3, -0.25) is 14.5 Å². The molecule has 1 saturated heterocycles. The van der Waals surface area contributed by atoms with E-state index in [1.165, 1.54) is 0 Å². The van der Waals surface area contributed by atoms with Crippen molar-refractivity contribution in [3.05, 3.63) is 0 Å². The molecule has 0 saturated carbocycles. The van der Waals surface area contributed by atoms with E-state index in [-0.39, 0.29) is 18.6 Å². The maximum Gasteiger partial charge on any atom is 0.323 e. The van der Waals surface area contributed by atoms with Crippen molar-refractivity contribution < 1.29 is 19.4 Å². The number of unbranched alkanes of at least 4 members (excludes halogenated alkanes) is 1. The number of hydrogen-bond acceptors (Lipinski definition) is 4. The van der Waals surface area contributed by atoms with Gasteiger partial charge in [-0.05, 0) is 25.8 Å². The number of ether oxygens (including phenoxy) is 1. The predicted molar refractivity (Wildman–Crippen MR) is 62.7 cm³/mol. The summed E-state index contributed by atoms with van der Waals surface area (Å²) in [5.74, 6) is -1.15. The van der Waals surface area contributed by atoms with Gasteiger partial charge in [0.1, 0.15) is 6.04 Å². The van der Waals surface area contributed by atoms with Crippen LogP contribution in [0, 0.1) is 0 Å². The van der Waals surface area contributed by atoms with Crippen molar-refractivity contribution in [2.75, 3.05) is 19.7 Å². The molecule has 1 N–H and O–H groups in total. The van der Waals surface area contributed by atoms with E-state index in [1.54, 1.807) is 4.90 Å². The number of nitrogens with zero attached hydrogens (tertiary/aromatic N) is 1. The monoisotopic (exact) mass is 243 g/mol. The van der Waals surface area contributed by atoms with Gasteiger partial charge in [0.05, 0.1) is 13.2 Å². The van der Waals surface area contributed by atoms with E-state index >= 15 is 0 Å². The van der Waals surface area contributed by atoms with E-state index in [0.29, 0.717) is 19.6 Å². The molecule has 98 valence electrons. The highest BCUT2D eigenvalue weighted by atomic mass is 16.5. The molecule has 1 aliphatic heterocycles. The molecule has 5 nitrogen and oxygen atoms in total. The summed E-state index contributed by atoms with van der Waals surface area (Å²) in [5.41, 5.74) is 0. The lowest BCUT2D eigenvalue weighted by Crippen LogP contribution is -2.47. The number of carbonyl (C=O) groups is 2. The summed E-state index contributed by atoms with van der Waals surface area (Å²) in [5, 5.41) is 8.79. The molecule has 1 aliphatic rings. The Bertz CT molecular complexity index is 267. The number of hydrogen-bond donors (Lipinski definition) is 1. The van der Waals surface area contributed by atoms with Gasteiger partial charge in [-0.25, -0.2) is 0 Å². The number of carbonyl (C=O) groups excluding carboxylic acids is 1. The second-order valence-corrected chi connectivity index (χ2v) is 4.40. The molecule has 0 aliphatic carbocycles. The summed E-state index contributed by atoms with van der Waals surface area (Å²) in [4.78, 5) is 24.2. The maximum atomic E-state index is 11.8. The van der Waals surface area contributed by atoms with Crippen molar-refractivity contribution in [3.63, 3.8) is 0 Å². The minimum absolute atomic E-state index is 0.0758. The lowest BCUT2D eigenvalue weighted by Gasteiger charge is -2.32. The van der Waals surface area contributed by atoms with Crippen LogP contribution in [0.1, 0.15) is 39.0 Å². The van der Waals surface area contributed by atoms with Crippen LogP contribution in [-0.4, -0.2) is 47.7 Å². The molecular weight excluding hydrogens is 222 g/mol. The number of carboxylic acid groups (broad SMARTS) is 1. The molecule has 0 amide bonds. The smallest absolute Gasteiger partial charge is 0.323 e. The van der Waals surface area contributed by atoms with E-state index < -0.39 is 5.97 Å². The minimum Gasteiger partial charge on any atom is -0.480 e. The van der Waals surface area contributed by atoms with Crippen LogP contribution in [0.15, 0.2) is 0 Å². The molecule has 0 aromatic rings. The fraction of sp³-hybridized carbons (Fsp3) is 0.833. The van der Waals surface area contributed by atoms with Crippen molar-refractivity contribution in [2.45, 2.75) is 45.1 Å². The van der Waals surface area contributed by atoms with E-state index in [2.05, 4.69) is 0 Å². The average Bonchev–Trinajstić information content (AvgIpc) is 2.29. The molecular formula is C12H21NO4. The second-order valence-electron chi connectivity index (χ2n) is 4.40. The van der Waals surface area contributed by atoms with Gasteiger partial charge >= 0.3 is 11.9 Å². The average molecular weight is 243 g/mol. The summed E-state index contributed by atoms with van der Waals surface area (Å²) in [7, 11) is 0. The van der Waals surface area contributed by atoms with Crippen LogP contribution in [0.2, 0.25) is 0 Å². The Morgan fingerprint density at radius 2 is 2.18 bits per heavy atom. The lowest BCUT2D eigenvalue weighted by atomic mass is 10.0.